The van der Waals surface area contributed by atoms with E-state index < -0.39 is 31.8 Å². The number of urea groups is 1. The molecule has 0 saturated carbocycles. The molecule has 0 spiro atoms. The van der Waals surface area contributed by atoms with Crippen molar-refractivity contribution in [1.82, 2.24) is 19.7 Å². The predicted molar refractivity (Wildman–Crippen MR) is 88.3 cm³/mol. The van der Waals surface area contributed by atoms with Crippen LogP contribution in [0.1, 0.15) is 15.2 Å². The Morgan fingerprint density at radius 2 is 1.73 bits per heavy atom. The van der Waals surface area contributed by atoms with Gasteiger partial charge in [0.1, 0.15) is 9.77 Å². The third kappa shape index (κ3) is 4.15. The molecule has 140 valence electrons. The topological polar surface area (TPSA) is 170 Å². The number of anilines is 1. The van der Waals surface area contributed by atoms with Crippen molar-refractivity contribution in [1.29, 1.82) is 0 Å². The highest BCUT2D eigenvalue weighted by atomic mass is 32.2. The summed E-state index contributed by atoms with van der Waals surface area (Å²) >= 11 is 0.736. The zero-order chi connectivity index (χ0) is 19.5. The monoisotopic (exact) mass is 403 g/mol. The second-order valence-electron chi connectivity index (χ2n) is 4.57. The van der Waals surface area contributed by atoms with E-state index in [2.05, 4.69) is 20.3 Å². The number of carbonyl (C=O) groups excluding carboxylic acids is 1. The average Bonchev–Trinajstić information content (AvgIpc) is 2.96. The highest BCUT2D eigenvalue weighted by Gasteiger charge is 2.28. The van der Waals surface area contributed by atoms with Crippen molar-refractivity contribution in [3.63, 3.8) is 0 Å². The molecule has 0 aliphatic rings. The number of aryl methyl sites for hydroxylation is 1. The molecule has 12 nitrogen and oxygen atoms in total. The summed E-state index contributed by atoms with van der Waals surface area (Å²) in [5, 5.41) is 12.5. The Morgan fingerprint density at radius 3 is 2.23 bits per heavy atom. The van der Waals surface area contributed by atoms with E-state index in [4.69, 9.17) is 14.6 Å². The average molecular weight is 403 g/mol. The third-order valence-electron chi connectivity index (χ3n) is 2.79. The van der Waals surface area contributed by atoms with Crippen LogP contribution in [-0.4, -0.2) is 54.7 Å². The number of amides is 2. The first-order valence-corrected chi connectivity index (χ1v) is 9.03. The van der Waals surface area contributed by atoms with Crippen LogP contribution in [0, 0.1) is 6.92 Å². The number of carboxylic acid groups (broad SMARTS) is 1. The maximum absolute atomic E-state index is 12.4. The van der Waals surface area contributed by atoms with Gasteiger partial charge in [-0.1, -0.05) is 0 Å². The van der Waals surface area contributed by atoms with Crippen molar-refractivity contribution in [3.05, 3.63) is 15.8 Å². The standard InChI is InChI=1S/C12H13N5O7S2/c1-5-4-25-6(8(18)19)7(5)26(21,22)17-10(20)13-9-14-11(23-2)16-12(15-9)24-3/h4H,1-3H3,(H,18,19)(H2,13,14,15,16,17,20). The molecule has 26 heavy (non-hydrogen) atoms. The summed E-state index contributed by atoms with van der Waals surface area (Å²) in [4.78, 5) is 33.4. The van der Waals surface area contributed by atoms with Gasteiger partial charge in [-0.05, 0) is 17.9 Å². The van der Waals surface area contributed by atoms with Crippen LogP contribution >= 0.6 is 11.3 Å². The minimum Gasteiger partial charge on any atom is -0.477 e. The van der Waals surface area contributed by atoms with Crippen molar-refractivity contribution in [3.8, 4) is 12.0 Å². The zero-order valence-electron chi connectivity index (χ0n) is 13.6. The molecular weight excluding hydrogens is 390 g/mol. The lowest BCUT2D eigenvalue weighted by molar-refractivity contribution is 0.0698. The largest absolute Gasteiger partial charge is 0.477 e. The summed E-state index contributed by atoms with van der Waals surface area (Å²) in [6.45, 7) is 1.41. The Hall–Kier alpha value is -3.00. The predicted octanol–water partition coefficient (Wildman–Crippen LogP) is 0.467. The summed E-state index contributed by atoms with van der Waals surface area (Å²) in [7, 11) is -1.89. The number of ether oxygens (including phenoxy) is 2. The van der Waals surface area contributed by atoms with Crippen LogP contribution in [0.4, 0.5) is 10.7 Å². The van der Waals surface area contributed by atoms with Gasteiger partial charge >= 0.3 is 24.0 Å². The number of aromatic carboxylic acids is 1. The SMILES string of the molecule is COc1nc(NC(=O)NS(=O)(=O)c2c(C)csc2C(=O)O)nc(OC)n1. The van der Waals surface area contributed by atoms with E-state index in [9.17, 15) is 18.0 Å². The van der Waals surface area contributed by atoms with Crippen molar-refractivity contribution >= 4 is 39.3 Å². The Bertz CT molecular complexity index is 935. The Labute approximate surface area is 151 Å². The second-order valence-corrected chi connectivity index (χ2v) is 7.07. The first-order valence-electron chi connectivity index (χ1n) is 6.67. The van der Waals surface area contributed by atoms with Gasteiger partial charge in [0.25, 0.3) is 10.0 Å². The molecule has 2 rings (SSSR count). The Morgan fingerprint density at radius 1 is 1.15 bits per heavy atom. The molecule has 2 aromatic heterocycles. The molecule has 0 saturated heterocycles. The van der Waals surface area contributed by atoms with Crippen LogP contribution in [0.15, 0.2) is 10.3 Å². The molecule has 0 atom stereocenters. The molecule has 0 radical (unpaired) electrons. The van der Waals surface area contributed by atoms with Gasteiger partial charge in [-0.25, -0.2) is 22.7 Å². The number of rotatable bonds is 6. The molecular formula is C12H13N5O7S2. The number of hydrogen-bond donors (Lipinski definition) is 3. The zero-order valence-corrected chi connectivity index (χ0v) is 15.3. The number of nitrogens with one attached hydrogen (secondary N) is 2. The summed E-state index contributed by atoms with van der Waals surface area (Å²) in [5.74, 6) is -1.75. The van der Waals surface area contributed by atoms with Crippen molar-refractivity contribution in [2.24, 2.45) is 0 Å². The summed E-state index contributed by atoms with van der Waals surface area (Å²) in [5.41, 5.74) is 0.191. The second kappa shape index (κ2) is 7.49. The molecule has 14 heteroatoms. The van der Waals surface area contributed by atoms with Crippen molar-refractivity contribution < 1.29 is 32.6 Å². The fourth-order valence-corrected chi connectivity index (χ4v) is 4.33. The van der Waals surface area contributed by atoms with Crippen LogP contribution in [0.2, 0.25) is 0 Å². The Kier molecular flexibility index (Phi) is 5.56. The fourth-order valence-electron chi connectivity index (χ4n) is 1.79. The maximum atomic E-state index is 12.4. The van der Waals surface area contributed by atoms with Gasteiger partial charge in [0, 0.05) is 0 Å². The molecule has 2 heterocycles. The van der Waals surface area contributed by atoms with Gasteiger partial charge in [-0.2, -0.15) is 9.97 Å². The molecule has 0 aliphatic carbocycles. The van der Waals surface area contributed by atoms with E-state index in [1.54, 1.807) is 4.72 Å². The maximum Gasteiger partial charge on any atom is 0.347 e. The van der Waals surface area contributed by atoms with E-state index in [0.717, 1.165) is 11.3 Å². The van der Waals surface area contributed by atoms with Gasteiger partial charge in [-0.3, -0.25) is 5.32 Å². The van der Waals surface area contributed by atoms with E-state index in [0.29, 0.717) is 0 Å². The normalized spacial score (nSPS) is 10.9. The smallest absolute Gasteiger partial charge is 0.347 e. The summed E-state index contributed by atoms with van der Waals surface area (Å²) < 4.78 is 36.0. The van der Waals surface area contributed by atoms with E-state index in [1.807, 2.05) is 0 Å². The molecule has 0 aromatic carbocycles. The van der Waals surface area contributed by atoms with E-state index in [1.165, 1.54) is 26.5 Å². The number of carbonyl (C=O) groups is 2. The number of nitrogens with zero attached hydrogens (tertiary/aromatic N) is 3. The number of aromatic nitrogens is 3. The van der Waals surface area contributed by atoms with E-state index in [-0.39, 0.29) is 23.5 Å². The van der Waals surface area contributed by atoms with E-state index >= 15 is 0 Å². The lowest BCUT2D eigenvalue weighted by Gasteiger charge is -2.09. The molecule has 3 N–H and O–H groups in total. The quantitative estimate of drug-likeness (QED) is 0.616. The van der Waals surface area contributed by atoms with Crippen LogP contribution in [0.3, 0.4) is 0 Å². The molecule has 0 fully saturated rings. The highest BCUT2D eigenvalue weighted by Crippen LogP contribution is 2.26. The fraction of sp³-hybridized carbons (Fsp3) is 0.250. The molecule has 0 unspecified atom stereocenters. The summed E-state index contributed by atoms with van der Waals surface area (Å²) in [6, 6.07) is -1.55. The number of thiophene rings is 1. The lowest BCUT2D eigenvalue weighted by Crippen LogP contribution is -2.35. The van der Waals surface area contributed by atoms with Crippen LogP contribution in [0.5, 0.6) is 12.0 Å². The van der Waals surface area contributed by atoms with Crippen LogP contribution in [0.25, 0.3) is 0 Å². The van der Waals surface area contributed by atoms with Crippen LogP contribution in [-0.2, 0) is 10.0 Å². The molecule has 0 aliphatic heterocycles. The Balaban J connectivity index is 2.25. The van der Waals surface area contributed by atoms with Crippen molar-refractivity contribution in [2.45, 2.75) is 11.8 Å². The number of hydrogen-bond acceptors (Lipinski definition) is 10. The number of sulfonamides is 1. The first kappa shape index (κ1) is 19.3. The minimum absolute atomic E-state index is 0.170. The van der Waals surface area contributed by atoms with Gasteiger partial charge in [-0.15, -0.1) is 16.3 Å². The highest BCUT2D eigenvalue weighted by molar-refractivity contribution is 7.90. The van der Waals surface area contributed by atoms with Gasteiger partial charge < -0.3 is 14.6 Å². The van der Waals surface area contributed by atoms with Crippen LogP contribution < -0.4 is 19.5 Å². The summed E-state index contributed by atoms with van der Waals surface area (Å²) in [6.07, 6.45) is 0. The molecule has 2 amide bonds. The van der Waals surface area contributed by atoms with Crippen molar-refractivity contribution in [2.75, 3.05) is 19.5 Å². The first-order chi connectivity index (χ1) is 12.2. The number of carboxylic acids is 1. The molecule has 2 aromatic rings. The number of methoxy groups -OCH3 is 2. The third-order valence-corrected chi connectivity index (χ3v) is 5.53. The van der Waals surface area contributed by atoms with Gasteiger partial charge in [0.05, 0.1) is 14.2 Å². The van der Waals surface area contributed by atoms with Gasteiger partial charge in [0.15, 0.2) is 0 Å². The van der Waals surface area contributed by atoms with Gasteiger partial charge in [0.2, 0.25) is 5.95 Å². The lowest BCUT2D eigenvalue weighted by atomic mass is 10.3. The molecule has 0 bridgehead atoms. The minimum atomic E-state index is -4.44.